The molecule has 0 aliphatic rings. The summed E-state index contributed by atoms with van der Waals surface area (Å²) in [6, 6.07) is 0. The first-order chi connectivity index (χ1) is 7.02. The quantitative estimate of drug-likeness (QED) is 0.574. The largest absolute Gasteiger partial charge is 0.465 e. The molecule has 0 amide bonds. The molecule has 0 saturated heterocycles. The Morgan fingerprint density at radius 2 is 2.00 bits per heavy atom. The molecule has 0 aliphatic carbocycles. The second-order valence-electron chi connectivity index (χ2n) is 2.78. The molecule has 0 aromatic carbocycles. The molecule has 0 atom stereocenters. The Bertz CT molecular complexity index is 453. The van der Waals surface area contributed by atoms with Crippen LogP contribution in [0.5, 0.6) is 0 Å². The number of pyridine rings is 1. The van der Waals surface area contributed by atoms with Crippen molar-refractivity contribution in [2.24, 2.45) is 0 Å². The maximum atomic E-state index is 11.5. The topological polar surface area (TPSA) is 59.2 Å². The fourth-order valence-corrected chi connectivity index (χ4v) is 3.28. The van der Waals surface area contributed by atoms with Gasteiger partial charge in [-0.25, -0.2) is 4.79 Å². The highest BCUT2D eigenvalue weighted by molar-refractivity contribution is 14.1. The molecule has 0 fully saturated rings. The molecule has 4 nitrogen and oxygen atoms in total. The van der Waals surface area contributed by atoms with Crippen LogP contribution < -0.4 is 5.56 Å². The number of nitrogens with one attached hydrogen (secondary N) is 1. The Kier molecular flexibility index (Phi) is 4.56. The number of hydrogen-bond acceptors (Lipinski definition) is 3. The van der Waals surface area contributed by atoms with E-state index in [4.69, 9.17) is 0 Å². The Labute approximate surface area is 114 Å². The molecule has 0 aliphatic heterocycles. The van der Waals surface area contributed by atoms with Gasteiger partial charge in [0, 0.05) is 9.26 Å². The smallest absolute Gasteiger partial charge is 0.340 e. The van der Waals surface area contributed by atoms with Crippen molar-refractivity contribution in [3.63, 3.8) is 0 Å². The average Bonchev–Trinajstić information content (AvgIpc) is 2.23. The van der Waals surface area contributed by atoms with E-state index in [1.165, 1.54) is 7.11 Å². The van der Waals surface area contributed by atoms with Gasteiger partial charge in [0.1, 0.15) is 0 Å². The monoisotopic (exact) mass is 433 g/mol. The third-order valence-electron chi connectivity index (χ3n) is 1.91. The van der Waals surface area contributed by atoms with Gasteiger partial charge in [0.05, 0.1) is 16.2 Å². The number of aromatic nitrogens is 1. The van der Waals surface area contributed by atoms with Crippen LogP contribution in [-0.2, 0) is 11.2 Å². The average molecular weight is 433 g/mol. The lowest BCUT2D eigenvalue weighted by Gasteiger charge is -2.08. The van der Waals surface area contributed by atoms with E-state index in [1.54, 1.807) is 0 Å². The van der Waals surface area contributed by atoms with Crippen LogP contribution in [0.4, 0.5) is 0 Å². The molecule has 15 heavy (non-hydrogen) atoms. The van der Waals surface area contributed by atoms with Gasteiger partial charge in [-0.2, -0.15) is 0 Å². The molecular formula is C9H9I2NO3. The van der Waals surface area contributed by atoms with Crippen LogP contribution in [0.2, 0.25) is 0 Å². The molecule has 1 aromatic heterocycles. The van der Waals surface area contributed by atoms with Gasteiger partial charge < -0.3 is 9.72 Å². The fourth-order valence-electron chi connectivity index (χ4n) is 1.13. The molecular weight excluding hydrogens is 424 g/mol. The van der Waals surface area contributed by atoms with Crippen molar-refractivity contribution >= 4 is 51.2 Å². The van der Waals surface area contributed by atoms with Gasteiger partial charge >= 0.3 is 5.97 Å². The van der Waals surface area contributed by atoms with Crippen molar-refractivity contribution in [2.45, 2.75) is 13.3 Å². The number of aromatic amines is 1. The predicted octanol–water partition coefficient (Wildman–Crippen LogP) is 1.93. The van der Waals surface area contributed by atoms with Gasteiger partial charge in [-0.15, -0.1) is 0 Å². The Morgan fingerprint density at radius 1 is 1.40 bits per heavy atom. The highest BCUT2D eigenvalue weighted by atomic mass is 127. The number of esters is 1. The van der Waals surface area contributed by atoms with Crippen LogP contribution in [0.3, 0.4) is 0 Å². The molecule has 1 rings (SSSR count). The number of H-pyrrole nitrogens is 1. The van der Waals surface area contributed by atoms with Gasteiger partial charge in [0.25, 0.3) is 5.56 Å². The SMILES string of the molecule is CCc1[nH]c(=O)c(I)c(C(=O)OC)c1I. The predicted molar refractivity (Wildman–Crippen MR) is 73.2 cm³/mol. The normalized spacial score (nSPS) is 10.1. The number of carbonyl (C=O) groups excluding carboxylic acids is 1. The number of methoxy groups -OCH3 is 1. The third kappa shape index (κ3) is 2.52. The molecule has 0 spiro atoms. The second-order valence-corrected chi connectivity index (χ2v) is 4.94. The van der Waals surface area contributed by atoms with Crippen LogP contribution in [0.1, 0.15) is 23.0 Å². The van der Waals surface area contributed by atoms with Crippen molar-refractivity contribution in [1.82, 2.24) is 4.98 Å². The van der Waals surface area contributed by atoms with E-state index in [9.17, 15) is 9.59 Å². The lowest BCUT2D eigenvalue weighted by atomic mass is 10.2. The van der Waals surface area contributed by atoms with Crippen molar-refractivity contribution in [1.29, 1.82) is 0 Å². The number of halogens is 2. The molecule has 1 aromatic rings. The molecule has 6 heteroatoms. The van der Waals surface area contributed by atoms with Crippen LogP contribution in [0.15, 0.2) is 4.79 Å². The van der Waals surface area contributed by atoms with E-state index < -0.39 is 5.97 Å². The standard InChI is InChI=1S/C9H9I2NO3/c1-3-4-6(10)5(9(14)15-2)7(11)8(13)12-4/h3H2,1-2H3,(H,12,13). The molecule has 1 heterocycles. The Morgan fingerprint density at radius 3 is 2.47 bits per heavy atom. The van der Waals surface area contributed by atoms with E-state index in [0.29, 0.717) is 15.6 Å². The maximum absolute atomic E-state index is 11.5. The number of carbonyl (C=O) groups is 1. The lowest BCUT2D eigenvalue weighted by molar-refractivity contribution is 0.0597. The van der Waals surface area contributed by atoms with E-state index in [0.717, 1.165) is 9.26 Å². The first-order valence-electron chi connectivity index (χ1n) is 4.21. The van der Waals surface area contributed by atoms with E-state index in [2.05, 4.69) is 9.72 Å². The maximum Gasteiger partial charge on any atom is 0.340 e. The summed E-state index contributed by atoms with van der Waals surface area (Å²) in [6.07, 6.45) is 0.675. The summed E-state index contributed by atoms with van der Waals surface area (Å²) in [5.41, 5.74) is 0.883. The molecule has 0 radical (unpaired) electrons. The molecule has 0 unspecified atom stereocenters. The Hall–Kier alpha value is -0.120. The third-order valence-corrected chi connectivity index (χ3v) is 4.13. The van der Waals surface area contributed by atoms with Crippen molar-refractivity contribution < 1.29 is 9.53 Å². The highest BCUT2D eigenvalue weighted by Gasteiger charge is 2.19. The van der Waals surface area contributed by atoms with Crippen LogP contribution in [0.25, 0.3) is 0 Å². The fraction of sp³-hybridized carbons (Fsp3) is 0.333. The summed E-state index contributed by atoms with van der Waals surface area (Å²) in [6.45, 7) is 1.92. The van der Waals surface area contributed by atoms with Gasteiger partial charge in [-0.1, -0.05) is 6.92 Å². The van der Waals surface area contributed by atoms with Gasteiger partial charge in [0.15, 0.2) is 0 Å². The summed E-state index contributed by atoms with van der Waals surface area (Å²) in [5.74, 6) is -0.468. The van der Waals surface area contributed by atoms with Crippen molar-refractivity contribution in [3.8, 4) is 0 Å². The zero-order chi connectivity index (χ0) is 11.6. The van der Waals surface area contributed by atoms with Gasteiger partial charge in [-0.3, -0.25) is 4.79 Å². The van der Waals surface area contributed by atoms with E-state index >= 15 is 0 Å². The summed E-state index contributed by atoms with van der Waals surface area (Å²) < 4.78 is 5.78. The van der Waals surface area contributed by atoms with Crippen LogP contribution in [0, 0.1) is 7.14 Å². The first kappa shape index (κ1) is 12.9. The van der Waals surface area contributed by atoms with E-state index in [1.807, 2.05) is 52.1 Å². The van der Waals surface area contributed by atoms with Crippen molar-refractivity contribution in [3.05, 3.63) is 28.8 Å². The lowest BCUT2D eigenvalue weighted by Crippen LogP contribution is -2.21. The first-order valence-corrected chi connectivity index (χ1v) is 6.37. The van der Waals surface area contributed by atoms with E-state index in [-0.39, 0.29) is 5.56 Å². The molecule has 0 bridgehead atoms. The number of aryl methyl sites for hydroxylation is 1. The zero-order valence-electron chi connectivity index (χ0n) is 8.19. The minimum absolute atomic E-state index is 0.242. The minimum Gasteiger partial charge on any atom is -0.465 e. The second kappa shape index (κ2) is 5.28. The minimum atomic E-state index is -0.468. The van der Waals surface area contributed by atoms with Crippen LogP contribution in [-0.4, -0.2) is 18.1 Å². The summed E-state index contributed by atoms with van der Waals surface area (Å²) >= 11 is 3.90. The molecule has 82 valence electrons. The highest BCUT2D eigenvalue weighted by Crippen LogP contribution is 2.19. The summed E-state index contributed by atoms with van der Waals surface area (Å²) in [7, 11) is 1.31. The Balaban J connectivity index is 3.54. The van der Waals surface area contributed by atoms with Gasteiger partial charge in [0.2, 0.25) is 0 Å². The summed E-state index contributed by atoms with van der Waals surface area (Å²) in [4.78, 5) is 25.7. The summed E-state index contributed by atoms with van der Waals surface area (Å²) in [5, 5.41) is 0. The number of rotatable bonds is 2. The van der Waals surface area contributed by atoms with Crippen LogP contribution >= 0.6 is 45.2 Å². The molecule has 0 saturated carbocycles. The zero-order valence-corrected chi connectivity index (χ0v) is 12.5. The molecule has 1 N–H and O–H groups in total. The van der Waals surface area contributed by atoms with Crippen molar-refractivity contribution in [2.75, 3.05) is 7.11 Å². The number of ether oxygens (including phenoxy) is 1. The van der Waals surface area contributed by atoms with Gasteiger partial charge in [-0.05, 0) is 51.6 Å². The number of hydrogen-bond donors (Lipinski definition) is 1.